The van der Waals surface area contributed by atoms with Crippen molar-refractivity contribution in [2.75, 3.05) is 17.3 Å². The number of anilines is 1. The molecule has 0 saturated carbocycles. The van der Waals surface area contributed by atoms with Gasteiger partial charge in [0.1, 0.15) is 0 Å². The summed E-state index contributed by atoms with van der Waals surface area (Å²) >= 11 is 9.08. The fourth-order valence-corrected chi connectivity index (χ4v) is 1.75. The first-order chi connectivity index (χ1) is 8.22. The van der Waals surface area contributed by atoms with Gasteiger partial charge in [-0.2, -0.15) is 0 Å². The minimum atomic E-state index is -0.425. The van der Waals surface area contributed by atoms with Crippen molar-refractivity contribution < 1.29 is 9.53 Å². The van der Waals surface area contributed by atoms with Gasteiger partial charge in [-0.15, -0.1) is 0 Å². The largest absolute Gasteiger partial charge is 0.449 e. The Labute approximate surface area is 115 Å². The van der Waals surface area contributed by atoms with Crippen molar-refractivity contribution in [1.29, 1.82) is 0 Å². The van der Waals surface area contributed by atoms with Gasteiger partial charge in [0.25, 0.3) is 0 Å². The van der Waals surface area contributed by atoms with E-state index in [0.29, 0.717) is 17.3 Å². The third-order valence-electron chi connectivity index (χ3n) is 2.10. The Bertz CT molecular complexity index is 343. The van der Waals surface area contributed by atoms with Crippen LogP contribution in [0.5, 0.6) is 0 Å². The molecular weight excluding hydrogens is 305 g/mol. The van der Waals surface area contributed by atoms with Crippen molar-refractivity contribution in [1.82, 2.24) is 0 Å². The van der Waals surface area contributed by atoms with Gasteiger partial charge >= 0.3 is 6.09 Å². The maximum Gasteiger partial charge on any atom is 0.411 e. The Balaban J connectivity index is 2.18. The third kappa shape index (κ3) is 6.54. The lowest BCUT2D eigenvalue weighted by Crippen LogP contribution is -2.14. The Hall–Kier alpha value is -0.740. The highest BCUT2D eigenvalue weighted by atomic mass is 79.9. The van der Waals surface area contributed by atoms with Gasteiger partial charge in [-0.1, -0.05) is 27.5 Å². The summed E-state index contributed by atoms with van der Waals surface area (Å²) in [5.41, 5.74) is 0.680. The van der Waals surface area contributed by atoms with Gasteiger partial charge in [0.2, 0.25) is 0 Å². The number of nitrogens with one attached hydrogen (secondary N) is 1. The normalized spacial score (nSPS) is 10.0. The molecule has 0 aromatic heterocycles. The van der Waals surface area contributed by atoms with E-state index in [2.05, 4.69) is 21.2 Å². The maximum atomic E-state index is 11.4. The summed E-state index contributed by atoms with van der Waals surface area (Å²) in [5, 5.41) is 4.26. The SMILES string of the molecule is O=C(Nc1ccc(Cl)cc1)OCCCCCBr. The monoisotopic (exact) mass is 319 g/mol. The molecule has 17 heavy (non-hydrogen) atoms. The highest BCUT2D eigenvalue weighted by Gasteiger charge is 2.02. The molecule has 1 amide bonds. The molecule has 0 spiro atoms. The lowest BCUT2D eigenvalue weighted by atomic mass is 10.3. The summed E-state index contributed by atoms with van der Waals surface area (Å²) in [6.45, 7) is 0.451. The molecule has 1 N–H and O–H groups in total. The van der Waals surface area contributed by atoms with E-state index in [1.54, 1.807) is 24.3 Å². The number of benzene rings is 1. The summed E-state index contributed by atoms with van der Waals surface area (Å²) < 4.78 is 5.02. The number of halogens is 2. The summed E-state index contributed by atoms with van der Waals surface area (Å²) in [6, 6.07) is 6.89. The summed E-state index contributed by atoms with van der Waals surface area (Å²) in [7, 11) is 0. The van der Waals surface area contributed by atoms with Gasteiger partial charge in [-0.25, -0.2) is 4.79 Å². The number of amides is 1. The molecule has 0 aliphatic heterocycles. The fraction of sp³-hybridized carbons (Fsp3) is 0.417. The van der Waals surface area contributed by atoms with E-state index in [0.717, 1.165) is 24.6 Å². The topological polar surface area (TPSA) is 38.3 Å². The van der Waals surface area contributed by atoms with Crippen LogP contribution < -0.4 is 5.32 Å². The van der Waals surface area contributed by atoms with Crippen molar-refractivity contribution in [2.45, 2.75) is 19.3 Å². The quantitative estimate of drug-likeness (QED) is 0.621. The Morgan fingerprint density at radius 1 is 1.24 bits per heavy atom. The molecular formula is C12H15BrClNO2. The zero-order chi connectivity index (χ0) is 12.5. The summed E-state index contributed by atoms with van der Waals surface area (Å²) in [5.74, 6) is 0. The van der Waals surface area contributed by atoms with Crippen molar-refractivity contribution in [2.24, 2.45) is 0 Å². The standard InChI is InChI=1S/C12H15BrClNO2/c13-8-2-1-3-9-17-12(16)15-11-6-4-10(14)5-7-11/h4-7H,1-3,8-9H2,(H,15,16). The zero-order valence-electron chi connectivity index (χ0n) is 9.42. The second kappa shape index (κ2) is 8.37. The second-order valence-electron chi connectivity index (χ2n) is 3.52. The lowest BCUT2D eigenvalue weighted by molar-refractivity contribution is 0.159. The molecule has 5 heteroatoms. The molecule has 0 unspecified atom stereocenters. The first-order valence-electron chi connectivity index (χ1n) is 5.47. The summed E-state index contributed by atoms with van der Waals surface area (Å²) in [6.07, 6.45) is 2.62. The van der Waals surface area contributed by atoms with Crippen molar-refractivity contribution in [3.8, 4) is 0 Å². The van der Waals surface area contributed by atoms with Gasteiger partial charge < -0.3 is 4.74 Å². The number of unbranched alkanes of at least 4 members (excludes halogenated alkanes) is 2. The smallest absolute Gasteiger partial charge is 0.411 e. The third-order valence-corrected chi connectivity index (χ3v) is 2.91. The Morgan fingerprint density at radius 2 is 1.94 bits per heavy atom. The van der Waals surface area contributed by atoms with Crippen LogP contribution >= 0.6 is 27.5 Å². The number of hydrogen-bond acceptors (Lipinski definition) is 2. The minimum Gasteiger partial charge on any atom is -0.449 e. The predicted octanol–water partition coefficient (Wildman–Crippen LogP) is 4.45. The minimum absolute atomic E-state index is 0.425. The summed E-state index contributed by atoms with van der Waals surface area (Å²) in [4.78, 5) is 11.4. The van der Waals surface area contributed by atoms with E-state index in [9.17, 15) is 4.79 Å². The molecule has 0 saturated heterocycles. The molecule has 1 aromatic carbocycles. The number of carbonyl (C=O) groups excluding carboxylic acids is 1. The molecule has 3 nitrogen and oxygen atoms in total. The van der Waals surface area contributed by atoms with E-state index in [-0.39, 0.29) is 0 Å². The first kappa shape index (κ1) is 14.3. The van der Waals surface area contributed by atoms with Crippen LogP contribution in [0, 0.1) is 0 Å². The van der Waals surface area contributed by atoms with Gasteiger partial charge in [-0.3, -0.25) is 5.32 Å². The molecule has 94 valence electrons. The number of carbonyl (C=O) groups is 1. The van der Waals surface area contributed by atoms with Crippen molar-refractivity contribution in [3.05, 3.63) is 29.3 Å². The first-order valence-corrected chi connectivity index (χ1v) is 6.97. The van der Waals surface area contributed by atoms with E-state index < -0.39 is 6.09 Å². The molecule has 0 fully saturated rings. The van der Waals surface area contributed by atoms with Crippen LogP contribution in [0.3, 0.4) is 0 Å². The number of ether oxygens (including phenoxy) is 1. The number of rotatable bonds is 6. The van der Waals surface area contributed by atoms with Crippen LogP contribution in [0.2, 0.25) is 5.02 Å². The Morgan fingerprint density at radius 3 is 2.59 bits per heavy atom. The van der Waals surface area contributed by atoms with Gasteiger partial charge in [0, 0.05) is 16.0 Å². The molecule has 0 bridgehead atoms. The molecule has 0 radical (unpaired) electrons. The van der Waals surface area contributed by atoms with Gasteiger partial charge in [0.05, 0.1) is 6.61 Å². The molecule has 0 aliphatic carbocycles. The highest BCUT2D eigenvalue weighted by molar-refractivity contribution is 9.09. The molecule has 0 atom stereocenters. The average molecular weight is 321 g/mol. The molecule has 0 aliphatic rings. The van der Waals surface area contributed by atoms with Crippen LogP contribution in [0.1, 0.15) is 19.3 Å². The number of hydrogen-bond donors (Lipinski definition) is 1. The molecule has 1 rings (SSSR count). The Kier molecular flexibility index (Phi) is 7.05. The van der Waals surface area contributed by atoms with Crippen LogP contribution in [-0.2, 0) is 4.74 Å². The number of alkyl halides is 1. The van der Waals surface area contributed by atoms with E-state index >= 15 is 0 Å². The fourth-order valence-electron chi connectivity index (χ4n) is 1.23. The van der Waals surface area contributed by atoms with Crippen molar-refractivity contribution in [3.63, 3.8) is 0 Å². The molecule has 0 heterocycles. The van der Waals surface area contributed by atoms with Gasteiger partial charge in [0.15, 0.2) is 0 Å². The van der Waals surface area contributed by atoms with Crippen LogP contribution in [0.25, 0.3) is 0 Å². The van der Waals surface area contributed by atoms with E-state index in [1.165, 1.54) is 0 Å². The molecule has 1 aromatic rings. The van der Waals surface area contributed by atoms with Gasteiger partial charge in [-0.05, 0) is 43.5 Å². The van der Waals surface area contributed by atoms with Crippen LogP contribution in [0.4, 0.5) is 10.5 Å². The maximum absolute atomic E-state index is 11.4. The lowest BCUT2D eigenvalue weighted by Gasteiger charge is -2.06. The average Bonchev–Trinajstić information content (AvgIpc) is 2.32. The second-order valence-corrected chi connectivity index (χ2v) is 4.75. The van der Waals surface area contributed by atoms with Crippen LogP contribution in [0.15, 0.2) is 24.3 Å². The predicted molar refractivity (Wildman–Crippen MR) is 74.1 cm³/mol. The van der Waals surface area contributed by atoms with E-state index in [4.69, 9.17) is 16.3 Å². The van der Waals surface area contributed by atoms with Crippen LogP contribution in [-0.4, -0.2) is 18.0 Å². The van der Waals surface area contributed by atoms with E-state index in [1.807, 2.05) is 0 Å². The van der Waals surface area contributed by atoms with Crippen molar-refractivity contribution >= 4 is 39.3 Å². The highest BCUT2D eigenvalue weighted by Crippen LogP contribution is 2.13. The zero-order valence-corrected chi connectivity index (χ0v) is 11.8.